The van der Waals surface area contributed by atoms with Gasteiger partial charge in [0.15, 0.2) is 0 Å². The van der Waals surface area contributed by atoms with Gasteiger partial charge in [-0.1, -0.05) is 6.07 Å². The summed E-state index contributed by atoms with van der Waals surface area (Å²) >= 11 is 0. The molecule has 0 amide bonds. The highest BCUT2D eigenvalue weighted by molar-refractivity contribution is 7.84. The zero-order chi connectivity index (χ0) is 12.0. The van der Waals surface area contributed by atoms with E-state index >= 15 is 0 Å². The smallest absolute Gasteiger partial charge is 0.0498 e. The molecule has 90 valence electrons. The van der Waals surface area contributed by atoms with Crippen molar-refractivity contribution < 1.29 is 9.32 Å². The minimum Gasteiger partial charge on any atom is -0.396 e. The van der Waals surface area contributed by atoms with Crippen molar-refractivity contribution in [2.75, 3.05) is 18.2 Å². The number of hydrogen-bond donors (Lipinski definition) is 2. The summed E-state index contributed by atoms with van der Waals surface area (Å²) in [5, 5.41) is 12.1. The summed E-state index contributed by atoms with van der Waals surface area (Å²) in [4.78, 5) is 0.833. The van der Waals surface area contributed by atoms with Gasteiger partial charge in [-0.2, -0.15) is 0 Å². The molecular weight excluding hydrogens is 222 g/mol. The molecule has 0 bridgehead atoms. The van der Waals surface area contributed by atoms with Crippen LogP contribution in [0.1, 0.15) is 19.8 Å². The molecule has 2 N–H and O–H groups in total. The van der Waals surface area contributed by atoms with Crippen molar-refractivity contribution in [3.8, 4) is 0 Å². The van der Waals surface area contributed by atoms with Gasteiger partial charge in [0.25, 0.3) is 0 Å². The normalized spacial score (nSPS) is 14.4. The van der Waals surface area contributed by atoms with Gasteiger partial charge < -0.3 is 10.4 Å². The van der Waals surface area contributed by atoms with Crippen molar-refractivity contribution in [2.45, 2.75) is 30.7 Å². The van der Waals surface area contributed by atoms with Gasteiger partial charge in [0.1, 0.15) is 0 Å². The quantitative estimate of drug-likeness (QED) is 0.801. The minimum absolute atomic E-state index is 0.227. The SMILES string of the molecule is CC(CCCO)Nc1cccc(S(C)=O)c1. The molecule has 0 aliphatic rings. The Morgan fingerprint density at radius 3 is 2.88 bits per heavy atom. The molecule has 4 heteroatoms. The lowest BCUT2D eigenvalue weighted by molar-refractivity contribution is 0.282. The lowest BCUT2D eigenvalue weighted by Gasteiger charge is -2.15. The number of rotatable bonds is 6. The molecule has 0 heterocycles. The lowest BCUT2D eigenvalue weighted by Crippen LogP contribution is -2.15. The first-order valence-electron chi connectivity index (χ1n) is 5.44. The van der Waals surface area contributed by atoms with Gasteiger partial charge in [-0.05, 0) is 38.0 Å². The average molecular weight is 241 g/mol. The molecule has 0 aliphatic heterocycles. The Kier molecular flexibility index (Phi) is 5.49. The first kappa shape index (κ1) is 13.2. The minimum atomic E-state index is -0.939. The summed E-state index contributed by atoms with van der Waals surface area (Å²) in [6, 6.07) is 7.95. The third-order valence-corrected chi connectivity index (χ3v) is 3.29. The third-order valence-electron chi connectivity index (χ3n) is 2.37. The van der Waals surface area contributed by atoms with Crippen LogP contribution in [-0.4, -0.2) is 28.2 Å². The van der Waals surface area contributed by atoms with E-state index in [4.69, 9.17) is 5.11 Å². The zero-order valence-electron chi connectivity index (χ0n) is 9.77. The molecule has 0 saturated heterocycles. The number of aliphatic hydroxyl groups is 1. The predicted molar refractivity (Wildman–Crippen MR) is 68.2 cm³/mol. The molecule has 0 fully saturated rings. The highest BCUT2D eigenvalue weighted by Gasteiger charge is 2.03. The molecule has 16 heavy (non-hydrogen) atoms. The highest BCUT2D eigenvalue weighted by atomic mass is 32.2. The Hall–Kier alpha value is -0.870. The summed E-state index contributed by atoms with van der Waals surface area (Å²) in [5.74, 6) is 0. The van der Waals surface area contributed by atoms with E-state index in [0.29, 0.717) is 6.04 Å². The van der Waals surface area contributed by atoms with E-state index < -0.39 is 10.8 Å². The van der Waals surface area contributed by atoms with Crippen LogP contribution in [0.4, 0.5) is 5.69 Å². The van der Waals surface area contributed by atoms with E-state index in [-0.39, 0.29) is 6.61 Å². The molecule has 1 aromatic rings. The second-order valence-electron chi connectivity index (χ2n) is 3.89. The van der Waals surface area contributed by atoms with E-state index in [1.165, 1.54) is 0 Å². The van der Waals surface area contributed by atoms with Crippen LogP contribution in [0.5, 0.6) is 0 Å². The van der Waals surface area contributed by atoms with Crippen LogP contribution in [0, 0.1) is 0 Å². The maximum absolute atomic E-state index is 11.3. The first-order valence-corrected chi connectivity index (χ1v) is 7.00. The summed E-state index contributed by atoms with van der Waals surface area (Å²) in [7, 11) is -0.939. The Balaban J connectivity index is 2.59. The second-order valence-corrected chi connectivity index (χ2v) is 5.27. The Labute approximate surface area is 99.3 Å². The number of benzene rings is 1. The predicted octanol–water partition coefficient (Wildman–Crippen LogP) is 2.00. The summed E-state index contributed by atoms with van der Waals surface area (Å²) < 4.78 is 11.3. The van der Waals surface area contributed by atoms with Crippen molar-refractivity contribution in [1.29, 1.82) is 0 Å². The molecule has 0 aliphatic carbocycles. The molecule has 3 nitrogen and oxygen atoms in total. The van der Waals surface area contributed by atoms with Gasteiger partial charge in [0.05, 0.1) is 0 Å². The number of hydrogen-bond acceptors (Lipinski definition) is 3. The monoisotopic (exact) mass is 241 g/mol. The van der Waals surface area contributed by atoms with Gasteiger partial charge in [-0.15, -0.1) is 0 Å². The van der Waals surface area contributed by atoms with Crippen molar-refractivity contribution in [2.24, 2.45) is 0 Å². The fourth-order valence-electron chi connectivity index (χ4n) is 1.52. The second kappa shape index (κ2) is 6.66. The van der Waals surface area contributed by atoms with Crippen LogP contribution < -0.4 is 5.32 Å². The van der Waals surface area contributed by atoms with Gasteiger partial charge in [-0.25, -0.2) is 0 Å². The molecule has 2 unspecified atom stereocenters. The van der Waals surface area contributed by atoms with Crippen molar-refractivity contribution >= 4 is 16.5 Å². The fraction of sp³-hybridized carbons (Fsp3) is 0.500. The van der Waals surface area contributed by atoms with Crippen LogP contribution in [0.15, 0.2) is 29.2 Å². The van der Waals surface area contributed by atoms with Crippen molar-refractivity contribution in [3.63, 3.8) is 0 Å². The highest BCUT2D eigenvalue weighted by Crippen LogP contribution is 2.15. The molecule has 2 atom stereocenters. The average Bonchev–Trinajstić information content (AvgIpc) is 2.26. The Morgan fingerprint density at radius 2 is 2.25 bits per heavy atom. The summed E-state index contributed by atoms with van der Waals surface area (Å²) in [6.45, 7) is 2.30. The van der Waals surface area contributed by atoms with Crippen LogP contribution in [-0.2, 0) is 10.8 Å². The number of aliphatic hydroxyl groups excluding tert-OH is 1. The van der Waals surface area contributed by atoms with Gasteiger partial charge >= 0.3 is 0 Å². The maximum atomic E-state index is 11.3. The van der Waals surface area contributed by atoms with E-state index in [0.717, 1.165) is 23.4 Å². The van der Waals surface area contributed by atoms with Gasteiger partial charge in [0.2, 0.25) is 0 Å². The lowest BCUT2D eigenvalue weighted by atomic mass is 10.2. The van der Waals surface area contributed by atoms with Crippen LogP contribution >= 0.6 is 0 Å². The van der Waals surface area contributed by atoms with Crippen molar-refractivity contribution in [1.82, 2.24) is 0 Å². The zero-order valence-corrected chi connectivity index (χ0v) is 10.6. The largest absolute Gasteiger partial charge is 0.396 e. The fourth-order valence-corrected chi connectivity index (χ4v) is 2.08. The Bertz CT molecular complexity index is 355. The Morgan fingerprint density at radius 1 is 1.50 bits per heavy atom. The van der Waals surface area contributed by atoms with Crippen LogP contribution in [0.3, 0.4) is 0 Å². The van der Waals surface area contributed by atoms with Crippen molar-refractivity contribution in [3.05, 3.63) is 24.3 Å². The van der Waals surface area contributed by atoms with E-state index in [1.54, 1.807) is 6.26 Å². The standard InChI is InChI=1S/C12H19NO2S/c1-10(5-4-8-14)13-11-6-3-7-12(9-11)16(2)15/h3,6-7,9-10,13-14H,4-5,8H2,1-2H3. The molecule has 0 radical (unpaired) electrons. The molecule has 0 saturated carbocycles. The molecular formula is C12H19NO2S. The van der Waals surface area contributed by atoms with E-state index in [9.17, 15) is 4.21 Å². The number of anilines is 1. The third kappa shape index (κ3) is 4.33. The van der Waals surface area contributed by atoms with Gasteiger partial charge in [0, 0.05) is 40.3 Å². The van der Waals surface area contributed by atoms with E-state index in [2.05, 4.69) is 12.2 Å². The van der Waals surface area contributed by atoms with Gasteiger partial charge in [-0.3, -0.25) is 4.21 Å². The molecule has 0 aromatic heterocycles. The van der Waals surface area contributed by atoms with Crippen LogP contribution in [0.2, 0.25) is 0 Å². The topological polar surface area (TPSA) is 49.3 Å². The molecule has 1 rings (SSSR count). The molecule has 0 spiro atoms. The van der Waals surface area contributed by atoms with E-state index in [1.807, 2.05) is 24.3 Å². The summed E-state index contributed by atoms with van der Waals surface area (Å²) in [6.07, 6.45) is 3.40. The number of nitrogens with one attached hydrogen (secondary N) is 1. The van der Waals surface area contributed by atoms with Crippen LogP contribution in [0.25, 0.3) is 0 Å². The first-order chi connectivity index (χ1) is 7.63. The maximum Gasteiger partial charge on any atom is 0.0498 e. The molecule has 1 aromatic carbocycles. The summed E-state index contributed by atoms with van der Waals surface area (Å²) in [5.41, 5.74) is 0.984.